The molecule has 1 heterocycles. The summed E-state index contributed by atoms with van der Waals surface area (Å²) in [5, 5.41) is 0. The molecule has 26 heavy (non-hydrogen) atoms. The molecule has 0 saturated carbocycles. The van der Waals surface area contributed by atoms with Gasteiger partial charge in [0.25, 0.3) is 0 Å². The summed E-state index contributed by atoms with van der Waals surface area (Å²) >= 11 is -0.527. The van der Waals surface area contributed by atoms with E-state index in [1.165, 1.54) is 60.6 Å². The van der Waals surface area contributed by atoms with Crippen LogP contribution in [0, 0.1) is 0 Å². The van der Waals surface area contributed by atoms with Crippen LogP contribution < -0.4 is 0 Å². The van der Waals surface area contributed by atoms with Gasteiger partial charge in [0.05, 0.1) is 0 Å². The summed E-state index contributed by atoms with van der Waals surface area (Å²) in [6.45, 7) is 0. The van der Waals surface area contributed by atoms with Gasteiger partial charge in [-0.1, -0.05) is 0 Å². The Labute approximate surface area is 163 Å². The Morgan fingerprint density at radius 1 is 0.846 bits per heavy atom. The minimum atomic E-state index is -3.43. The van der Waals surface area contributed by atoms with Crippen molar-refractivity contribution in [2.45, 2.75) is 0 Å². The third-order valence-corrected chi connectivity index (χ3v) is 32.7. The van der Waals surface area contributed by atoms with Crippen LogP contribution in [0.15, 0.2) is 32.7 Å². The van der Waals surface area contributed by atoms with Crippen molar-refractivity contribution in [1.29, 1.82) is 0 Å². The fourth-order valence-electron chi connectivity index (χ4n) is 1.90. The molecule has 1 aliphatic carbocycles. The Balaban J connectivity index is 2.48. The molecule has 2 aliphatic rings. The SMILES string of the molecule is COC(=O)C1=CC(=C2SS[Se](C(=O)OC)(C(=O)OC)[Se]2)C=C1C(=O)OC. The molecule has 1 fully saturated rings. The molecule has 0 unspecified atom stereocenters. The quantitative estimate of drug-likeness (QED) is 0.230. The van der Waals surface area contributed by atoms with Crippen molar-refractivity contribution < 1.29 is 38.1 Å². The molecule has 12 heteroatoms. The molecule has 0 amide bonds. The van der Waals surface area contributed by atoms with Crippen LogP contribution >= 0.6 is 20.0 Å². The standard InChI is InChI=1S/C14H14O8S2Se2/c1-19-10(15)8-5-7(6-9(8)11(16)20-2)12-23-24-26(25-12,13(17)21-3)14(18)22-4/h5-6H,1-4H3. The molecular formula is C14H14O8S2Se2. The topological polar surface area (TPSA) is 105 Å². The number of ether oxygens (including phenoxy) is 4. The summed E-state index contributed by atoms with van der Waals surface area (Å²) < 4.78 is 19.8. The predicted molar refractivity (Wildman–Crippen MR) is 98.7 cm³/mol. The van der Waals surface area contributed by atoms with Crippen LogP contribution in [-0.4, -0.2) is 73.1 Å². The molecule has 0 radical (unpaired) electrons. The summed E-state index contributed by atoms with van der Waals surface area (Å²) in [7, 11) is 3.91. The fourth-order valence-corrected chi connectivity index (χ4v) is 35.9. The maximum atomic E-state index is 12.3. The van der Waals surface area contributed by atoms with Gasteiger partial charge in [0.15, 0.2) is 0 Å². The van der Waals surface area contributed by atoms with E-state index in [0.29, 0.717) is 5.57 Å². The van der Waals surface area contributed by atoms with E-state index in [1.54, 1.807) is 0 Å². The molecule has 0 N–H and O–H groups in total. The van der Waals surface area contributed by atoms with E-state index < -0.39 is 44.7 Å². The van der Waals surface area contributed by atoms with Gasteiger partial charge in [-0.2, -0.15) is 0 Å². The maximum absolute atomic E-state index is 12.3. The van der Waals surface area contributed by atoms with E-state index in [0.717, 1.165) is 3.80 Å². The van der Waals surface area contributed by atoms with Gasteiger partial charge in [0, 0.05) is 0 Å². The van der Waals surface area contributed by atoms with E-state index in [9.17, 15) is 19.2 Å². The number of hydrogen-bond donors (Lipinski definition) is 0. The van der Waals surface area contributed by atoms with E-state index in [1.807, 2.05) is 0 Å². The van der Waals surface area contributed by atoms with E-state index >= 15 is 0 Å². The molecule has 142 valence electrons. The first-order valence-corrected chi connectivity index (χ1v) is 17.8. The van der Waals surface area contributed by atoms with Crippen molar-refractivity contribution in [1.82, 2.24) is 0 Å². The first-order valence-electron chi connectivity index (χ1n) is 6.74. The Kier molecular flexibility index (Phi) is 7.06. The number of carbonyl (C=O) groups excluding carboxylic acids is 4. The third kappa shape index (κ3) is 3.76. The van der Waals surface area contributed by atoms with Crippen LogP contribution in [0.3, 0.4) is 0 Å². The van der Waals surface area contributed by atoms with Gasteiger partial charge < -0.3 is 0 Å². The summed E-state index contributed by atoms with van der Waals surface area (Å²) in [5.41, 5.74) is 0.719. The van der Waals surface area contributed by atoms with E-state index in [4.69, 9.17) is 18.9 Å². The van der Waals surface area contributed by atoms with E-state index in [-0.39, 0.29) is 11.1 Å². The molecule has 1 aliphatic heterocycles. The van der Waals surface area contributed by atoms with Gasteiger partial charge in [0.1, 0.15) is 0 Å². The second-order valence-corrected chi connectivity index (χ2v) is 26.3. The summed E-state index contributed by atoms with van der Waals surface area (Å²) in [6.07, 6.45) is 3.01. The summed E-state index contributed by atoms with van der Waals surface area (Å²) in [6, 6.07) is 0. The van der Waals surface area contributed by atoms with Gasteiger partial charge in [-0.05, 0) is 0 Å². The molecule has 0 atom stereocenters. The van der Waals surface area contributed by atoms with E-state index in [2.05, 4.69) is 0 Å². The zero-order valence-electron chi connectivity index (χ0n) is 14.1. The van der Waals surface area contributed by atoms with Crippen molar-refractivity contribution in [2.75, 3.05) is 28.4 Å². The Bertz CT molecular complexity index is 721. The molecule has 0 bridgehead atoms. The number of methoxy groups -OCH3 is 4. The van der Waals surface area contributed by atoms with Crippen LogP contribution in [0.4, 0.5) is 9.59 Å². The second-order valence-electron chi connectivity index (χ2n) is 4.49. The van der Waals surface area contributed by atoms with Crippen LogP contribution in [-0.2, 0) is 28.5 Å². The van der Waals surface area contributed by atoms with Crippen LogP contribution in [0.1, 0.15) is 0 Å². The first-order chi connectivity index (χ1) is 12.3. The Hall–Kier alpha value is -1.16. The molecule has 0 spiro atoms. The average molecular weight is 532 g/mol. The van der Waals surface area contributed by atoms with Crippen LogP contribution in [0.5, 0.6) is 0 Å². The first kappa shape index (κ1) is 21.1. The Morgan fingerprint density at radius 3 is 1.69 bits per heavy atom. The molecule has 2 rings (SSSR count). The molecule has 1 saturated heterocycles. The zero-order chi connectivity index (χ0) is 19.5. The van der Waals surface area contributed by atoms with Gasteiger partial charge in [-0.3, -0.25) is 0 Å². The predicted octanol–water partition coefficient (Wildman–Crippen LogP) is 1.65. The van der Waals surface area contributed by atoms with Gasteiger partial charge in [-0.15, -0.1) is 0 Å². The minimum absolute atomic E-state index is 0.0700. The summed E-state index contributed by atoms with van der Waals surface area (Å²) in [4.78, 5) is 47.3. The number of hydrogen-bond acceptors (Lipinski definition) is 10. The Morgan fingerprint density at radius 2 is 1.31 bits per heavy atom. The molecule has 8 nitrogen and oxygen atoms in total. The van der Waals surface area contributed by atoms with Crippen molar-refractivity contribution >= 4 is 64.7 Å². The van der Waals surface area contributed by atoms with Crippen molar-refractivity contribution in [2.24, 2.45) is 0 Å². The van der Waals surface area contributed by atoms with Crippen LogP contribution in [0.25, 0.3) is 0 Å². The van der Waals surface area contributed by atoms with Crippen LogP contribution in [0.2, 0.25) is 0 Å². The number of allylic oxidation sites excluding steroid dienone is 3. The van der Waals surface area contributed by atoms with Crippen molar-refractivity contribution in [3.05, 3.63) is 32.7 Å². The van der Waals surface area contributed by atoms with Gasteiger partial charge in [0.2, 0.25) is 0 Å². The molecular weight excluding hydrogens is 518 g/mol. The van der Waals surface area contributed by atoms with Gasteiger partial charge in [-0.25, -0.2) is 0 Å². The number of carbonyl (C=O) groups is 4. The molecule has 0 aromatic heterocycles. The second kappa shape index (κ2) is 8.68. The fraction of sp³-hybridized carbons (Fsp3) is 0.286. The summed E-state index contributed by atoms with van der Waals surface area (Å²) in [5.74, 6) is -1.35. The monoisotopic (exact) mass is 534 g/mol. The average Bonchev–Trinajstić information content (AvgIpc) is 3.30. The normalized spacial score (nSPS) is 19.2. The van der Waals surface area contributed by atoms with Gasteiger partial charge >= 0.3 is 164 Å². The molecule has 0 aromatic carbocycles. The zero-order valence-corrected chi connectivity index (χ0v) is 19.1. The number of rotatable bonds is 4. The molecule has 0 aromatic rings. The van der Waals surface area contributed by atoms with Crippen molar-refractivity contribution in [3.8, 4) is 0 Å². The third-order valence-electron chi connectivity index (χ3n) is 3.11. The number of esters is 2. The van der Waals surface area contributed by atoms with Crippen molar-refractivity contribution in [3.63, 3.8) is 0 Å².